The smallest absolute Gasteiger partial charge is 0.390 e. The van der Waals surface area contributed by atoms with E-state index in [-0.39, 0.29) is 14.6 Å². The molecule has 0 spiro atoms. The topological polar surface area (TPSA) is 83.5 Å². The van der Waals surface area contributed by atoms with Gasteiger partial charge >= 0.3 is 12.1 Å². The Morgan fingerprint density at radius 1 is 1.47 bits per heavy atom. The molecule has 0 unspecified atom stereocenters. The molecule has 10 heteroatoms. The Bertz CT molecular complexity index is 577. The molecule has 0 saturated heterocycles. The predicted molar refractivity (Wildman–Crippen MR) is 61.9 cm³/mol. The Balaban J connectivity index is 2.86. The molecule has 108 valence electrons. The summed E-state index contributed by atoms with van der Waals surface area (Å²) in [4.78, 5) is 10.4. The number of hydrogen-bond acceptors (Lipinski definition) is 4. The number of halogens is 3. The van der Waals surface area contributed by atoms with E-state index in [0.717, 1.165) is 17.4 Å². The minimum Gasteiger partial charge on any atom is -0.477 e. The fraction of sp³-hybridized carbons (Fsp3) is 0.444. The molecular weight excluding hydrogens is 307 g/mol. The van der Waals surface area contributed by atoms with Gasteiger partial charge in [0.1, 0.15) is 4.88 Å². The van der Waals surface area contributed by atoms with E-state index in [1.54, 1.807) is 4.72 Å². The van der Waals surface area contributed by atoms with E-state index >= 15 is 0 Å². The zero-order valence-corrected chi connectivity index (χ0v) is 11.2. The summed E-state index contributed by atoms with van der Waals surface area (Å²) in [6.45, 7) is 0.596. The number of aromatic carboxylic acids is 1. The van der Waals surface area contributed by atoms with Crippen molar-refractivity contribution in [3.05, 3.63) is 15.8 Å². The Morgan fingerprint density at radius 3 is 2.47 bits per heavy atom. The van der Waals surface area contributed by atoms with Crippen LogP contribution in [0.25, 0.3) is 0 Å². The number of thiophene rings is 1. The normalized spacial score (nSPS) is 12.6. The number of alkyl halides is 3. The summed E-state index contributed by atoms with van der Waals surface area (Å²) < 4.78 is 60.9. The highest BCUT2D eigenvalue weighted by atomic mass is 32.2. The number of aryl methyl sites for hydroxylation is 1. The zero-order valence-electron chi connectivity index (χ0n) is 9.61. The maximum atomic E-state index is 11.9. The van der Waals surface area contributed by atoms with Crippen molar-refractivity contribution >= 4 is 27.3 Å². The third-order valence-electron chi connectivity index (χ3n) is 2.07. The molecular formula is C9H10F3NO4S2. The van der Waals surface area contributed by atoms with Crippen LogP contribution in [0, 0.1) is 6.92 Å². The van der Waals surface area contributed by atoms with E-state index in [0.29, 0.717) is 0 Å². The van der Waals surface area contributed by atoms with Gasteiger partial charge in [-0.05, 0) is 13.0 Å². The molecule has 5 nitrogen and oxygen atoms in total. The predicted octanol–water partition coefficient (Wildman–Crippen LogP) is 1.99. The van der Waals surface area contributed by atoms with Crippen molar-refractivity contribution in [1.82, 2.24) is 4.72 Å². The highest BCUT2D eigenvalue weighted by molar-refractivity contribution is 7.89. The molecule has 1 aromatic heterocycles. The minimum atomic E-state index is -4.46. The Morgan fingerprint density at radius 2 is 2.05 bits per heavy atom. The van der Waals surface area contributed by atoms with Crippen LogP contribution in [0.5, 0.6) is 0 Å². The van der Waals surface area contributed by atoms with Crippen LogP contribution < -0.4 is 4.72 Å². The molecule has 0 aromatic carbocycles. The fourth-order valence-electron chi connectivity index (χ4n) is 1.24. The second kappa shape index (κ2) is 5.47. The molecule has 0 bridgehead atoms. The van der Waals surface area contributed by atoms with Gasteiger partial charge in [-0.1, -0.05) is 0 Å². The second-order valence-electron chi connectivity index (χ2n) is 3.60. The van der Waals surface area contributed by atoms with Gasteiger partial charge in [0.25, 0.3) is 0 Å². The third kappa shape index (κ3) is 4.48. The van der Waals surface area contributed by atoms with Gasteiger partial charge in [0.2, 0.25) is 10.0 Å². The average Bonchev–Trinajstić information content (AvgIpc) is 2.58. The highest BCUT2D eigenvalue weighted by Gasteiger charge is 2.28. The molecule has 0 aliphatic rings. The van der Waals surface area contributed by atoms with Crippen LogP contribution in [-0.4, -0.2) is 32.2 Å². The van der Waals surface area contributed by atoms with Crippen molar-refractivity contribution in [2.45, 2.75) is 24.4 Å². The zero-order chi connectivity index (χ0) is 14.8. The molecule has 0 fully saturated rings. The van der Waals surface area contributed by atoms with Gasteiger partial charge in [0.05, 0.1) is 11.3 Å². The Hall–Kier alpha value is -1.13. The van der Waals surface area contributed by atoms with Crippen LogP contribution in [0.3, 0.4) is 0 Å². The molecule has 0 saturated carbocycles. The van der Waals surface area contributed by atoms with Gasteiger partial charge in [0.15, 0.2) is 0 Å². The van der Waals surface area contributed by atoms with E-state index in [2.05, 4.69) is 0 Å². The highest BCUT2D eigenvalue weighted by Crippen LogP contribution is 2.26. The van der Waals surface area contributed by atoms with Crippen molar-refractivity contribution in [3.8, 4) is 0 Å². The minimum absolute atomic E-state index is 0.186. The molecule has 0 radical (unpaired) electrons. The van der Waals surface area contributed by atoms with Gasteiger partial charge < -0.3 is 5.11 Å². The number of rotatable bonds is 5. The lowest BCUT2D eigenvalue weighted by Gasteiger charge is -2.08. The molecule has 0 amide bonds. The quantitative estimate of drug-likeness (QED) is 0.870. The van der Waals surface area contributed by atoms with Crippen molar-refractivity contribution in [1.29, 1.82) is 0 Å². The van der Waals surface area contributed by atoms with Crippen molar-refractivity contribution in [2.75, 3.05) is 6.54 Å². The standard InChI is InChI=1S/C9H10F3NO4S2/c1-5-7(4-6(18-5)8(14)15)19(16,17)13-3-2-9(10,11)12/h4,13H,2-3H2,1H3,(H,14,15). The summed E-state index contributed by atoms with van der Waals surface area (Å²) in [5, 5.41) is 8.72. The SMILES string of the molecule is Cc1sc(C(=O)O)cc1S(=O)(=O)NCCC(F)(F)F. The van der Waals surface area contributed by atoms with Crippen LogP contribution >= 0.6 is 11.3 Å². The van der Waals surface area contributed by atoms with Crippen LogP contribution in [0.2, 0.25) is 0 Å². The van der Waals surface area contributed by atoms with E-state index in [4.69, 9.17) is 5.11 Å². The molecule has 0 aliphatic heterocycles. The molecule has 1 heterocycles. The largest absolute Gasteiger partial charge is 0.477 e. The number of sulfonamides is 1. The van der Waals surface area contributed by atoms with Crippen LogP contribution in [-0.2, 0) is 10.0 Å². The summed E-state index contributed by atoms with van der Waals surface area (Å²) >= 11 is 0.747. The van der Waals surface area contributed by atoms with Crippen LogP contribution in [0.4, 0.5) is 13.2 Å². The maximum absolute atomic E-state index is 11.9. The summed E-state index contributed by atoms with van der Waals surface area (Å²) in [6.07, 6.45) is -5.75. The van der Waals surface area contributed by atoms with E-state index in [1.165, 1.54) is 6.92 Å². The van der Waals surface area contributed by atoms with Crippen molar-refractivity contribution in [3.63, 3.8) is 0 Å². The molecule has 19 heavy (non-hydrogen) atoms. The molecule has 2 N–H and O–H groups in total. The number of carbonyl (C=O) groups is 1. The summed E-state index contributed by atoms with van der Waals surface area (Å²) in [5.74, 6) is -1.29. The number of carboxylic acid groups (broad SMARTS) is 1. The number of nitrogens with one attached hydrogen (secondary N) is 1. The van der Waals surface area contributed by atoms with Gasteiger partial charge in [-0.3, -0.25) is 0 Å². The first-order valence-corrected chi connectivity index (χ1v) is 7.23. The van der Waals surface area contributed by atoms with Gasteiger partial charge in [-0.2, -0.15) is 13.2 Å². The van der Waals surface area contributed by atoms with Gasteiger partial charge in [0, 0.05) is 11.4 Å². The van der Waals surface area contributed by atoms with Gasteiger partial charge in [-0.15, -0.1) is 11.3 Å². The van der Waals surface area contributed by atoms with E-state index in [9.17, 15) is 26.4 Å². The van der Waals surface area contributed by atoms with Crippen molar-refractivity contribution in [2.24, 2.45) is 0 Å². The monoisotopic (exact) mass is 317 g/mol. The summed E-state index contributed by atoms with van der Waals surface area (Å²) in [6, 6.07) is 0.929. The summed E-state index contributed by atoms with van der Waals surface area (Å²) in [5.41, 5.74) is 0. The average molecular weight is 317 g/mol. The lowest BCUT2D eigenvalue weighted by atomic mass is 10.4. The Labute approximate surface area is 111 Å². The van der Waals surface area contributed by atoms with Crippen LogP contribution in [0.15, 0.2) is 11.0 Å². The lowest BCUT2D eigenvalue weighted by Crippen LogP contribution is -2.28. The first kappa shape index (κ1) is 15.9. The maximum Gasteiger partial charge on any atom is 0.390 e. The first-order valence-electron chi connectivity index (χ1n) is 4.93. The molecule has 0 atom stereocenters. The van der Waals surface area contributed by atoms with E-state index in [1.807, 2.05) is 0 Å². The third-order valence-corrected chi connectivity index (χ3v) is 4.83. The number of carboxylic acids is 1. The molecule has 1 rings (SSSR count). The first-order chi connectivity index (χ1) is 8.53. The summed E-state index contributed by atoms with van der Waals surface area (Å²) in [7, 11) is -4.13. The van der Waals surface area contributed by atoms with E-state index < -0.39 is 35.1 Å². The molecule has 0 aliphatic carbocycles. The lowest BCUT2D eigenvalue weighted by molar-refractivity contribution is -0.132. The fourth-order valence-corrected chi connectivity index (χ4v) is 3.70. The number of hydrogen-bond donors (Lipinski definition) is 2. The van der Waals surface area contributed by atoms with Crippen molar-refractivity contribution < 1.29 is 31.5 Å². The second-order valence-corrected chi connectivity index (χ2v) is 6.59. The molecule has 1 aromatic rings. The van der Waals surface area contributed by atoms with Crippen LogP contribution in [0.1, 0.15) is 21.0 Å². The Kier molecular flexibility index (Phi) is 4.59. The van der Waals surface area contributed by atoms with Gasteiger partial charge in [-0.25, -0.2) is 17.9 Å².